The quantitative estimate of drug-likeness (QED) is 0.238. The third-order valence-corrected chi connectivity index (χ3v) is 4.70. The number of benzene rings is 3. The van der Waals surface area contributed by atoms with Gasteiger partial charge in [-0.25, -0.2) is 0 Å². The summed E-state index contributed by atoms with van der Waals surface area (Å²) in [6, 6.07) is 22.3. The monoisotopic (exact) mass is 357 g/mol. The molecule has 3 N–H and O–H groups in total. The summed E-state index contributed by atoms with van der Waals surface area (Å²) in [4.78, 5) is 0. The van der Waals surface area contributed by atoms with Gasteiger partial charge in [0.2, 0.25) is 0 Å². The lowest BCUT2D eigenvalue weighted by atomic mass is 10.1. The van der Waals surface area contributed by atoms with Gasteiger partial charge in [-0.2, -0.15) is 5.53 Å². The van der Waals surface area contributed by atoms with Gasteiger partial charge in [-0.05, 0) is 42.0 Å². The number of hydrogen-bond acceptors (Lipinski definition) is 3. The molecule has 0 saturated heterocycles. The van der Waals surface area contributed by atoms with Crippen LogP contribution in [0.1, 0.15) is 11.1 Å². The molecule has 4 rings (SSSR count). The molecule has 0 amide bonds. The number of amidine groups is 1. The molecule has 0 spiro atoms. The number of nitrogens with two attached hydrogens (primary N) is 1. The average Bonchev–Trinajstić information content (AvgIpc) is 3.02. The highest BCUT2D eigenvalue weighted by Crippen LogP contribution is 2.31. The van der Waals surface area contributed by atoms with Crippen LogP contribution in [0.3, 0.4) is 0 Å². The van der Waals surface area contributed by atoms with Gasteiger partial charge in [0.15, 0.2) is 5.84 Å². The van der Waals surface area contributed by atoms with Crippen molar-refractivity contribution in [1.82, 2.24) is 4.57 Å². The molecule has 0 atom stereocenters. The number of fused-ring (bicyclic) bond motifs is 3. The third kappa shape index (κ3) is 3.01. The van der Waals surface area contributed by atoms with Gasteiger partial charge < -0.3 is 15.0 Å². The van der Waals surface area contributed by atoms with E-state index >= 15 is 0 Å². The van der Waals surface area contributed by atoms with Crippen molar-refractivity contribution in [2.75, 3.05) is 7.11 Å². The molecule has 134 valence electrons. The van der Waals surface area contributed by atoms with Crippen molar-refractivity contribution in [1.29, 1.82) is 5.53 Å². The Bertz CT molecular complexity index is 1180. The Morgan fingerprint density at radius 2 is 1.81 bits per heavy atom. The molecule has 0 bridgehead atoms. The van der Waals surface area contributed by atoms with Gasteiger partial charge in [-0.15, -0.1) is 5.10 Å². The molecule has 0 saturated carbocycles. The summed E-state index contributed by atoms with van der Waals surface area (Å²) in [6.45, 7) is 0.728. The van der Waals surface area contributed by atoms with E-state index in [0.29, 0.717) is 0 Å². The molecule has 0 unspecified atom stereocenters. The molecule has 27 heavy (non-hydrogen) atoms. The van der Waals surface area contributed by atoms with Crippen molar-refractivity contribution in [2.45, 2.75) is 6.54 Å². The molecule has 0 radical (unpaired) electrons. The van der Waals surface area contributed by atoms with Crippen LogP contribution in [0, 0.1) is 5.53 Å². The first kappa shape index (κ1) is 16.8. The van der Waals surface area contributed by atoms with Crippen molar-refractivity contribution < 1.29 is 4.74 Å². The van der Waals surface area contributed by atoms with Crippen LogP contribution in [0.4, 0.5) is 0 Å². The molecule has 0 fully saturated rings. The number of aromatic nitrogens is 1. The van der Waals surface area contributed by atoms with Gasteiger partial charge >= 0.3 is 0 Å². The molecule has 3 aromatic carbocycles. The molecule has 0 aliphatic carbocycles. The number of nitrogens with one attached hydrogen (secondary N) is 1. The summed E-state index contributed by atoms with van der Waals surface area (Å²) in [5, 5.41) is 8.91. The maximum atomic E-state index is 6.88. The predicted molar refractivity (Wildman–Crippen MR) is 107 cm³/mol. The highest BCUT2D eigenvalue weighted by molar-refractivity contribution is 6.11. The van der Waals surface area contributed by atoms with E-state index in [1.165, 1.54) is 0 Å². The minimum absolute atomic E-state index is 0.233. The minimum atomic E-state index is 0.233. The van der Waals surface area contributed by atoms with Gasteiger partial charge in [-0.1, -0.05) is 35.6 Å². The lowest BCUT2D eigenvalue weighted by molar-refractivity contribution is 0.414. The smallest absolute Gasteiger partial charge is 0.155 e. The van der Waals surface area contributed by atoms with E-state index in [0.717, 1.165) is 45.2 Å². The standard InChI is InChI=1S/C21H19N5O/c1-27-16-6-4-5-14(11-16)13-26-19-8-3-2-7-17(19)18-12-15(9-10-20(18)26)21(22)24-25-23/h2-12H,13H2,1H3,(H3,22,23,24). The van der Waals surface area contributed by atoms with Gasteiger partial charge in [-0.3, -0.25) is 0 Å². The zero-order chi connectivity index (χ0) is 18.8. The number of rotatable bonds is 5. The van der Waals surface area contributed by atoms with E-state index in [-0.39, 0.29) is 5.84 Å². The Morgan fingerprint density at radius 1 is 1.00 bits per heavy atom. The fourth-order valence-electron chi connectivity index (χ4n) is 3.45. The number of ether oxygens (including phenoxy) is 1. The maximum Gasteiger partial charge on any atom is 0.155 e. The number of nitrogens with zero attached hydrogens (tertiary/aromatic N) is 3. The van der Waals surface area contributed by atoms with Crippen LogP contribution in [0.5, 0.6) is 5.75 Å². The molecule has 1 heterocycles. The molecule has 0 aliphatic heterocycles. The Hall–Kier alpha value is -3.67. The van der Waals surface area contributed by atoms with E-state index in [9.17, 15) is 0 Å². The topological polar surface area (TPSA) is 88.8 Å². The van der Waals surface area contributed by atoms with Crippen molar-refractivity contribution in [2.24, 2.45) is 16.1 Å². The van der Waals surface area contributed by atoms with Crippen molar-refractivity contribution in [3.63, 3.8) is 0 Å². The van der Waals surface area contributed by atoms with Crippen molar-refractivity contribution >= 4 is 27.6 Å². The van der Waals surface area contributed by atoms with E-state index in [1.807, 2.05) is 42.5 Å². The molecule has 0 aliphatic rings. The second-order valence-electron chi connectivity index (χ2n) is 6.27. The second-order valence-corrected chi connectivity index (χ2v) is 6.27. The van der Waals surface area contributed by atoms with Gasteiger partial charge in [0.05, 0.1) is 7.11 Å². The van der Waals surface area contributed by atoms with E-state index < -0.39 is 0 Å². The van der Waals surface area contributed by atoms with E-state index in [1.54, 1.807) is 7.11 Å². The zero-order valence-corrected chi connectivity index (χ0v) is 14.9. The lowest BCUT2D eigenvalue weighted by Gasteiger charge is -2.09. The average molecular weight is 357 g/mol. The van der Waals surface area contributed by atoms with Gasteiger partial charge in [0.25, 0.3) is 0 Å². The third-order valence-electron chi connectivity index (χ3n) is 4.70. The Balaban J connectivity index is 1.91. The van der Waals surface area contributed by atoms with Gasteiger partial charge in [0.1, 0.15) is 5.75 Å². The van der Waals surface area contributed by atoms with Crippen molar-refractivity contribution in [3.05, 3.63) is 77.9 Å². The predicted octanol–water partition coefficient (Wildman–Crippen LogP) is 4.50. The Labute approximate surface area is 156 Å². The van der Waals surface area contributed by atoms with Crippen LogP contribution in [0.15, 0.2) is 77.1 Å². The number of para-hydroxylation sites is 1. The number of hydrogen-bond donors (Lipinski definition) is 2. The van der Waals surface area contributed by atoms with Crippen LogP contribution in [0.25, 0.3) is 21.8 Å². The van der Waals surface area contributed by atoms with Crippen LogP contribution < -0.4 is 10.5 Å². The molecule has 4 aromatic rings. The first-order chi connectivity index (χ1) is 13.2. The number of methoxy groups -OCH3 is 1. The van der Waals surface area contributed by atoms with Gasteiger partial charge in [0, 0.05) is 33.9 Å². The summed E-state index contributed by atoms with van der Waals surface area (Å²) in [5.41, 5.74) is 17.0. The summed E-state index contributed by atoms with van der Waals surface area (Å²) < 4.78 is 7.64. The first-order valence-corrected chi connectivity index (χ1v) is 8.55. The first-order valence-electron chi connectivity index (χ1n) is 8.55. The normalized spacial score (nSPS) is 11.8. The van der Waals surface area contributed by atoms with E-state index in [4.69, 9.17) is 16.0 Å². The Morgan fingerprint density at radius 3 is 2.63 bits per heavy atom. The SMILES string of the molecule is COc1cccc(Cn2c3ccccc3c3cc(C(N)=NN=N)ccc32)c1. The molecule has 1 aromatic heterocycles. The van der Waals surface area contributed by atoms with Crippen LogP contribution in [0.2, 0.25) is 0 Å². The summed E-state index contributed by atoms with van der Waals surface area (Å²) >= 11 is 0. The largest absolute Gasteiger partial charge is 0.497 e. The molecular weight excluding hydrogens is 338 g/mol. The molecule has 6 nitrogen and oxygen atoms in total. The van der Waals surface area contributed by atoms with Crippen LogP contribution in [-0.4, -0.2) is 17.5 Å². The summed E-state index contributed by atoms with van der Waals surface area (Å²) in [5.74, 6) is 1.08. The van der Waals surface area contributed by atoms with E-state index in [2.05, 4.69) is 39.2 Å². The Kier molecular flexibility index (Phi) is 4.30. The minimum Gasteiger partial charge on any atom is -0.497 e. The zero-order valence-electron chi connectivity index (χ0n) is 14.9. The maximum absolute atomic E-state index is 6.88. The highest BCUT2D eigenvalue weighted by Gasteiger charge is 2.12. The fourth-order valence-corrected chi connectivity index (χ4v) is 3.45. The second kappa shape index (κ2) is 6.92. The van der Waals surface area contributed by atoms with Crippen LogP contribution >= 0.6 is 0 Å². The summed E-state index contributed by atoms with van der Waals surface area (Å²) in [6.07, 6.45) is 0. The molecule has 6 heteroatoms. The highest BCUT2D eigenvalue weighted by atomic mass is 16.5. The molecular formula is C21H19N5O. The summed E-state index contributed by atoms with van der Waals surface area (Å²) in [7, 11) is 1.68. The lowest BCUT2D eigenvalue weighted by Crippen LogP contribution is -2.12. The van der Waals surface area contributed by atoms with Crippen molar-refractivity contribution in [3.8, 4) is 5.75 Å². The fraction of sp³-hybridized carbons (Fsp3) is 0.0952. The van der Waals surface area contributed by atoms with Crippen LogP contribution in [-0.2, 0) is 6.54 Å².